The highest BCUT2D eigenvalue weighted by Gasteiger charge is 2.25. The molecular formula is C18H40N4O6. The molecule has 0 bridgehead atoms. The maximum Gasteiger partial charge on any atom is 0.407 e. The second-order valence-electron chi connectivity index (χ2n) is 7.43. The Labute approximate surface area is 168 Å². The van der Waals surface area contributed by atoms with Gasteiger partial charge in [-0.05, 0) is 20.8 Å². The van der Waals surface area contributed by atoms with Crippen molar-refractivity contribution in [2.75, 3.05) is 79.0 Å². The van der Waals surface area contributed by atoms with Crippen molar-refractivity contribution in [2.24, 2.45) is 22.6 Å². The first-order valence-corrected chi connectivity index (χ1v) is 9.66. The molecule has 0 fully saturated rings. The molecule has 0 aliphatic heterocycles. The van der Waals surface area contributed by atoms with E-state index in [-0.39, 0.29) is 5.41 Å². The second kappa shape index (κ2) is 15.9. The van der Waals surface area contributed by atoms with Crippen molar-refractivity contribution in [3.8, 4) is 0 Å². The molecule has 0 heterocycles. The number of alkyl carbamates (subject to hydrolysis) is 1. The lowest BCUT2D eigenvalue weighted by atomic mass is 9.89. The van der Waals surface area contributed by atoms with Gasteiger partial charge in [0, 0.05) is 31.6 Å². The number of carbonyl (C=O) groups excluding carboxylic acids is 1. The highest BCUT2D eigenvalue weighted by molar-refractivity contribution is 5.67. The minimum Gasteiger partial charge on any atom is -0.444 e. The first-order valence-electron chi connectivity index (χ1n) is 9.66. The minimum absolute atomic E-state index is 0.356. The van der Waals surface area contributed by atoms with Gasteiger partial charge in [-0.2, -0.15) is 0 Å². The molecule has 0 spiro atoms. The van der Waals surface area contributed by atoms with E-state index in [0.29, 0.717) is 79.0 Å². The van der Waals surface area contributed by atoms with Crippen molar-refractivity contribution in [3.05, 3.63) is 0 Å². The Morgan fingerprint density at radius 2 is 1.18 bits per heavy atom. The van der Waals surface area contributed by atoms with Crippen LogP contribution in [0.2, 0.25) is 0 Å². The Hall–Kier alpha value is -1.01. The van der Waals surface area contributed by atoms with Crippen LogP contribution in [0.3, 0.4) is 0 Å². The normalized spacial score (nSPS) is 12.2. The van der Waals surface area contributed by atoms with E-state index in [4.69, 9.17) is 40.9 Å². The first-order chi connectivity index (χ1) is 13.3. The molecule has 0 aromatic rings. The van der Waals surface area contributed by atoms with Gasteiger partial charge in [0.05, 0.1) is 52.9 Å². The third kappa shape index (κ3) is 15.0. The summed E-state index contributed by atoms with van der Waals surface area (Å²) in [6.07, 6.45) is -0.451. The van der Waals surface area contributed by atoms with Gasteiger partial charge in [0.25, 0.3) is 0 Å². The number of carbonyl (C=O) groups is 1. The van der Waals surface area contributed by atoms with E-state index in [1.165, 1.54) is 0 Å². The van der Waals surface area contributed by atoms with E-state index in [1.807, 2.05) is 20.8 Å². The lowest BCUT2D eigenvalue weighted by Gasteiger charge is -2.28. The molecule has 0 radical (unpaired) electrons. The van der Waals surface area contributed by atoms with Crippen LogP contribution in [0, 0.1) is 5.41 Å². The van der Waals surface area contributed by atoms with Crippen LogP contribution in [-0.4, -0.2) is 90.7 Å². The summed E-state index contributed by atoms with van der Waals surface area (Å²) in [4.78, 5) is 11.4. The largest absolute Gasteiger partial charge is 0.444 e. The number of amides is 1. The molecule has 0 saturated carbocycles. The lowest BCUT2D eigenvalue weighted by molar-refractivity contribution is -0.0138. The van der Waals surface area contributed by atoms with Crippen LogP contribution in [0.1, 0.15) is 20.8 Å². The Balaban J connectivity index is 3.35. The molecule has 0 unspecified atom stereocenters. The molecule has 0 saturated heterocycles. The molecule has 0 aliphatic rings. The van der Waals surface area contributed by atoms with Gasteiger partial charge >= 0.3 is 6.09 Å². The Morgan fingerprint density at radius 3 is 1.61 bits per heavy atom. The number of ether oxygens (including phenoxy) is 5. The maximum atomic E-state index is 11.4. The molecule has 28 heavy (non-hydrogen) atoms. The summed E-state index contributed by atoms with van der Waals surface area (Å²) in [5.41, 5.74) is 16.2. The van der Waals surface area contributed by atoms with Crippen molar-refractivity contribution in [2.45, 2.75) is 26.4 Å². The van der Waals surface area contributed by atoms with E-state index in [9.17, 15) is 4.79 Å². The van der Waals surface area contributed by atoms with Crippen molar-refractivity contribution in [1.82, 2.24) is 5.32 Å². The smallest absolute Gasteiger partial charge is 0.407 e. The standard InChI is InChI=1S/C18H40N4O6/c1-17(2,3)28-16(23)22-4-5-24-6-7-25-8-9-26-10-11-27-15-18(12-19,13-20)14-21/h4-15,19-21H2,1-3H3,(H,22,23). The third-order valence-electron chi connectivity index (χ3n) is 3.74. The van der Waals surface area contributed by atoms with Gasteiger partial charge in [0.2, 0.25) is 0 Å². The average molecular weight is 409 g/mol. The second-order valence-corrected chi connectivity index (χ2v) is 7.43. The summed E-state index contributed by atoms with van der Waals surface area (Å²) >= 11 is 0. The molecule has 10 nitrogen and oxygen atoms in total. The Morgan fingerprint density at radius 1 is 0.750 bits per heavy atom. The van der Waals surface area contributed by atoms with E-state index in [0.717, 1.165) is 0 Å². The highest BCUT2D eigenvalue weighted by atomic mass is 16.6. The summed E-state index contributed by atoms with van der Waals surface area (Å²) in [7, 11) is 0. The van der Waals surface area contributed by atoms with Crippen LogP contribution < -0.4 is 22.5 Å². The van der Waals surface area contributed by atoms with Gasteiger partial charge in [-0.15, -0.1) is 0 Å². The van der Waals surface area contributed by atoms with E-state index in [2.05, 4.69) is 5.32 Å². The molecule has 10 heteroatoms. The van der Waals surface area contributed by atoms with Crippen LogP contribution in [0.25, 0.3) is 0 Å². The molecule has 1 amide bonds. The van der Waals surface area contributed by atoms with E-state index in [1.54, 1.807) is 0 Å². The first kappa shape index (κ1) is 27.0. The van der Waals surface area contributed by atoms with Crippen LogP contribution >= 0.6 is 0 Å². The van der Waals surface area contributed by atoms with Gasteiger partial charge in [-0.1, -0.05) is 0 Å². The molecule has 0 aromatic heterocycles. The summed E-state index contributed by atoms with van der Waals surface area (Å²) in [5.74, 6) is 0. The summed E-state index contributed by atoms with van der Waals surface area (Å²) in [5, 5.41) is 2.62. The molecule has 0 aliphatic carbocycles. The molecular weight excluding hydrogens is 368 g/mol. The molecule has 7 N–H and O–H groups in total. The predicted molar refractivity (Wildman–Crippen MR) is 107 cm³/mol. The molecule has 0 rings (SSSR count). The zero-order valence-electron chi connectivity index (χ0n) is 17.7. The van der Waals surface area contributed by atoms with Crippen LogP contribution in [0.15, 0.2) is 0 Å². The zero-order chi connectivity index (χ0) is 21.3. The number of nitrogens with one attached hydrogen (secondary N) is 1. The molecule has 0 aromatic carbocycles. The number of rotatable bonds is 17. The fourth-order valence-corrected chi connectivity index (χ4v) is 1.91. The quantitative estimate of drug-likeness (QED) is 0.232. The number of nitrogens with two attached hydrogens (primary N) is 3. The van der Waals surface area contributed by atoms with E-state index < -0.39 is 11.7 Å². The fourth-order valence-electron chi connectivity index (χ4n) is 1.91. The number of hydrogen-bond donors (Lipinski definition) is 4. The van der Waals surface area contributed by atoms with Crippen LogP contribution in [0.5, 0.6) is 0 Å². The van der Waals surface area contributed by atoms with Crippen molar-refractivity contribution in [3.63, 3.8) is 0 Å². The Bertz CT molecular complexity index is 380. The van der Waals surface area contributed by atoms with Crippen LogP contribution in [-0.2, 0) is 23.7 Å². The van der Waals surface area contributed by atoms with Crippen LogP contribution in [0.4, 0.5) is 4.79 Å². The maximum absolute atomic E-state index is 11.4. The number of hydrogen-bond acceptors (Lipinski definition) is 9. The van der Waals surface area contributed by atoms with Gasteiger partial charge in [-0.25, -0.2) is 4.79 Å². The topological polar surface area (TPSA) is 153 Å². The Kier molecular flexibility index (Phi) is 15.3. The summed E-state index contributed by atoms with van der Waals surface area (Å²) in [6.45, 7) is 10.6. The van der Waals surface area contributed by atoms with Crippen molar-refractivity contribution in [1.29, 1.82) is 0 Å². The highest BCUT2D eigenvalue weighted by Crippen LogP contribution is 2.11. The summed E-state index contributed by atoms with van der Waals surface area (Å²) < 4.78 is 26.8. The van der Waals surface area contributed by atoms with Gasteiger partial charge in [-0.3, -0.25) is 0 Å². The lowest BCUT2D eigenvalue weighted by Crippen LogP contribution is -2.47. The molecule has 168 valence electrons. The summed E-state index contributed by atoms with van der Waals surface area (Å²) in [6, 6.07) is 0. The van der Waals surface area contributed by atoms with Crippen molar-refractivity contribution < 1.29 is 28.5 Å². The monoisotopic (exact) mass is 408 g/mol. The molecule has 0 atom stereocenters. The predicted octanol–water partition coefficient (Wildman–Crippen LogP) is -0.560. The average Bonchev–Trinajstić information content (AvgIpc) is 2.64. The minimum atomic E-state index is -0.503. The van der Waals surface area contributed by atoms with Gasteiger partial charge < -0.3 is 46.2 Å². The van der Waals surface area contributed by atoms with Crippen molar-refractivity contribution >= 4 is 6.09 Å². The zero-order valence-corrected chi connectivity index (χ0v) is 17.7. The fraction of sp³-hybridized carbons (Fsp3) is 0.944. The van der Waals surface area contributed by atoms with Gasteiger partial charge in [0.1, 0.15) is 5.60 Å². The van der Waals surface area contributed by atoms with Gasteiger partial charge in [0.15, 0.2) is 0 Å². The SMILES string of the molecule is CC(C)(C)OC(=O)NCCOCCOCCOCCOCC(CN)(CN)CN. The third-order valence-corrected chi connectivity index (χ3v) is 3.74. The van der Waals surface area contributed by atoms with E-state index >= 15 is 0 Å².